The van der Waals surface area contributed by atoms with Crippen LogP contribution in [0.25, 0.3) is 0 Å². The predicted molar refractivity (Wildman–Crippen MR) is 35.6 cm³/mol. The van der Waals surface area contributed by atoms with Gasteiger partial charge in [0.25, 0.3) is 44.1 Å². The lowest BCUT2D eigenvalue weighted by molar-refractivity contribution is 0.605. The lowest BCUT2D eigenvalue weighted by Gasteiger charge is -1.25. The number of hydrogen-bond acceptors (Lipinski definition) is 1. The Morgan fingerprint density at radius 2 is 1.50 bits per heavy atom. The first-order chi connectivity index (χ1) is 1.73. The molecule has 0 radical (unpaired) electrons. The SMILES string of the molecule is O=[P+](I)I. The third kappa shape index (κ3) is 9.59. The molecule has 0 aliphatic carbocycles. The van der Waals surface area contributed by atoms with Gasteiger partial charge in [0.2, 0.25) is 0 Å². The van der Waals surface area contributed by atoms with E-state index in [2.05, 4.69) is 0 Å². The molecule has 0 rings (SSSR count). The minimum Gasteiger partial charge on any atom is -0.0527 e. The average Bonchev–Trinajstić information content (AvgIpc) is 0.811. The van der Waals surface area contributed by atoms with Gasteiger partial charge in [0.15, 0.2) is 0 Å². The predicted octanol–water partition coefficient (Wildman–Crippen LogP) is 2.51. The van der Waals surface area contributed by atoms with Gasteiger partial charge >= 0.3 is 3.09 Å². The van der Waals surface area contributed by atoms with Crippen molar-refractivity contribution in [2.75, 3.05) is 0 Å². The Hall–Kier alpha value is 1.56. The summed E-state index contributed by atoms with van der Waals surface area (Å²) in [5, 5.41) is 0. The molecule has 0 heterocycles. The van der Waals surface area contributed by atoms with E-state index in [1.807, 2.05) is 44.1 Å². The van der Waals surface area contributed by atoms with E-state index in [-0.39, 0.29) is 0 Å². The summed E-state index contributed by atoms with van der Waals surface area (Å²) in [6, 6.07) is 0. The van der Waals surface area contributed by atoms with Gasteiger partial charge in [-0.25, -0.2) is 0 Å². The summed E-state index contributed by atoms with van der Waals surface area (Å²) in [5.74, 6) is 0. The summed E-state index contributed by atoms with van der Waals surface area (Å²) in [6.45, 7) is 0. The van der Waals surface area contributed by atoms with Gasteiger partial charge in [-0.1, -0.05) is 4.57 Å². The van der Waals surface area contributed by atoms with E-state index >= 15 is 0 Å². The standard InChI is InChI=1S/I2OP/c1-4(2)3/q+1. The molecule has 0 unspecified atom stereocenters. The highest BCUT2D eigenvalue weighted by molar-refractivity contribution is 14.3. The molecule has 0 saturated heterocycles. The minimum atomic E-state index is -0.930. The second-order valence-corrected chi connectivity index (χ2v) is 11.4. The maximum atomic E-state index is 9.57. The third-order valence-corrected chi connectivity index (χ3v) is 0. The highest BCUT2D eigenvalue weighted by atomic mass is 127. The highest BCUT2D eigenvalue weighted by Gasteiger charge is 1.94. The van der Waals surface area contributed by atoms with Gasteiger partial charge in [-0.3, -0.25) is 0 Å². The van der Waals surface area contributed by atoms with Crippen LogP contribution in [0, 0.1) is 0 Å². The first-order valence-electron chi connectivity index (χ1n) is 0.521. The van der Waals surface area contributed by atoms with E-state index in [1.54, 1.807) is 0 Å². The molecular formula is I2OP+. The van der Waals surface area contributed by atoms with Crippen molar-refractivity contribution in [3.8, 4) is 0 Å². The van der Waals surface area contributed by atoms with Crippen molar-refractivity contribution in [2.45, 2.75) is 0 Å². The zero-order chi connectivity index (χ0) is 3.58. The fourth-order valence-electron chi connectivity index (χ4n) is 0. The second kappa shape index (κ2) is 2.78. The smallest absolute Gasteiger partial charge is 0.0527 e. The molecule has 0 fully saturated rings. The van der Waals surface area contributed by atoms with Crippen molar-refractivity contribution in [1.82, 2.24) is 0 Å². The Kier molecular flexibility index (Phi) is 3.86. The molecule has 0 aliphatic rings. The quantitative estimate of drug-likeness (QED) is 0.496. The Bertz CT molecular complexity index is 29.0. The summed E-state index contributed by atoms with van der Waals surface area (Å²) in [6.07, 6.45) is 0. The van der Waals surface area contributed by atoms with Crippen LogP contribution in [0.5, 0.6) is 0 Å². The van der Waals surface area contributed by atoms with E-state index in [0.29, 0.717) is 0 Å². The Labute approximate surface area is 51.3 Å². The van der Waals surface area contributed by atoms with Gasteiger partial charge in [-0.15, -0.1) is 0 Å². The summed E-state index contributed by atoms with van der Waals surface area (Å²) in [5.41, 5.74) is 0. The van der Waals surface area contributed by atoms with Crippen LogP contribution in [0.1, 0.15) is 0 Å². The third-order valence-electron chi connectivity index (χ3n) is 0. The van der Waals surface area contributed by atoms with Gasteiger partial charge in [0.1, 0.15) is 0 Å². The maximum Gasteiger partial charge on any atom is 0.470 e. The minimum absolute atomic E-state index is 0.930. The van der Waals surface area contributed by atoms with Crippen LogP contribution in [-0.2, 0) is 4.57 Å². The summed E-state index contributed by atoms with van der Waals surface area (Å²) in [7, 11) is 0. The van der Waals surface area contributed by atoms with Crippen molar-refractivity contribution >= 4 is 47.2 Å². The van der Waals surface area contributed by atoms with E-state index in [1.165, 1.54) is 0 Å². The Morgan fingerprint density at radius 1 is 1.50 bits per heavy atom. The normalized spacial score (nSPS) is 6.50. The van der Waals surface area contributed by atoms with E-state index in [0.717, 1.165) is 0 Å². The number of hydrogen-bond donors (Lipinski definition) is 0. The van der Waals surface area contributed by atoms with Crippen molar-refractivity contribution < 1.29 is 4.57 Å². The van der Waals surface area contributed by atoms with Crippen LogP contribution >= 0.6 is 47.2 Å². The average molecular weight is 301 g/mol. The van der Waals surface area contributed by atoms with Crippen LogP contribution in [-0.4, -0.2) is 0 Å². The second-order valence-electron chi connectivity index (χ2n) is 0.202. The molecule has 0 saturated carbocycles. The van der Waals surface area contributed by atoms with Crippen LogP contribution in [0.3, 0.4) is 0 Å². The van der Waals surface area contributed by atoms with Crippen molar-refractivity contribution in [3.05, 3.63) is 0 Å². The maximum absolute atomic E-state index is 9.57. The fraction of sp³-hybridized carbons (Fsp3) is 0. The summed E-state index contributed by atoms with van der Waals surface area (Å²) < 4.78 is 8.64. The van der Waals surface area contributed by atoms with Crippen molar-refractivity contribution in [1.29, 1.82) is 0 Å². The summed E-state index contributed by atoms with van der Waals surface area (Å²) >= 11 is 3.68. The molecule has 0 atom stereocenters. The lowest BCUT2D eigenvalue weighted by atomic mass is 16.0. The Morgan fingerprint density at radius 3 is 1.50 bits per heavy atom. The van der Waals surface area contributed by atoms with Gasteiger partial charge in [0, 0.05) is 0 Å². The van der Waals surface area contributed by atoms with Gasteiger partial charge in [-0.05, 0) is 0 Å². The van der Waals surface area contributed by atoms with E-state index < -0.39 is 3.09 Å². The fourth-order valence-corrected chi connectivity index (χ4v) is 0. The topological polar surface area (TPSA) is 17.1 Å². The van der Waals surface area contributed by atoms with Gasteiger partial charge in [0.05, 0.1) is 0 Å². The van der Waals surface area contributed by atoms with Crippen LogP contribution in [0.4, 0.5) is 0 Å². The summed E-state index contributed by atoms with van der Waals surface area (Å²) in [4.78, 5) is 0. The zero-order valence-electron chi connectivity index (χ0n) is 1.61. The van der Waals surface area contributed by atoms with Gasteiger partial charge in [-0.2, -0.15) is 0 Å². The molecule has 0 aromatic carbocycles. The number of rotatable bonds is 0. The molecule has 4 heteroatoms. The van der Waals surface area contributed by atoms with Crippen LogP contribution < -0.4 is 0 Å². The number of halogens is 2. The Balaban J connectivity index is 2.80. The molecule has 24 valence electrons. The molecule has 0 N–H and O–H groups in total. The van der Waals surface area contributed by atoms with E-state index in [9.17, 15) is 4.57 Å². The lowest BCUT2D eigenvalue weighted by Crippen LogP contribution is -0.898. The molecule has 0 aromatic rings. The highest BCUT2D eigenvalue weighted by Crippen LogP contribution is 2.39. The molecule has 0 spiro atoms. The zero-order valence-corrected chi connectivity index (χ0v) is 6.82. The molecule has 0 bridgehead atoms. The molecule has 0 aliphatic heterocycles. The van der Waals surface area contributed by atoms with Crippen LogP contribution in [0.15, 0.2) is 0 Å². The first-order valence-corrected chi connectivity index (χ1v) is 7.35. The largest absolute Gasteiger partial charge is 0.470 e. The molecular weight excluding hydrogens is 301 g/mol. The first kappa shape index (κ1) is 5.56. The van der Waals surface area contributed by atoms with Crippen LogP contribution in [0.2, 0.25) is 0 Å². The van der Waals surface area contributed by atoms with E-state index in [4.69, 9.17) is 0 Å². The van der Waals surface area contributed by atoms with Crippen molar-refractivity contribution in [2.24, 2.45) is 0 Å². The van der Waals surface area contributed by atoms with Crippen molar-refractivity contribution in [3.63, 3.8) is 0 Å². The molecule has 0 amide bonds. The monoisotopic (exact) mass is 301 g/mol. The van der Waals surface area contributed by atoms with Gasteiger partial charge < -0.3 is 0 Å². The molecule has 1 nitrogen and oxygen atoms in total. The molecule has 0 aromatic heterocycles. The molecule has 4 heavy (non-hydrogen) atoms.